The number of amides is 1. The summed E-state index contributed by atoms with van der Waals surface area (Å²) in [7, 11) is 0. The lowest BCUT2D eigenvalue weighted by molar-refractivity contribution is -0.116. The van der Waals surface area contributed by atoms with Crippen molar-refractivity contribution in [3.8, 4) is 23.3 Å². The highest BCUT2D eigenvalue weighted by Crippen LogP contribution is 2.25. The first-order valence-corrected chi connectivity index (χ1v) is 11.3. The molecule has 2 aromatic carbocycles. The lowest BCUT2D eigenvalue weighted by Gasteiger charge is -2.30. The highest BCUT2D eigenvalue weighted by atomic mass is 16.5. The summed E-state index contributed by atoms with van der Waals surface area (Å²) >= 11 is 0. The number of carbonyl (C=O) groups excluding carboxylic acids is 1. The highest BCUT2D eigenvalue weighted by molar-refractivity contribution is 6.13. The number of aromatic nitrogens is 2. The monoisotopic (exact) mass is 453 g/mol. The summed E-state index contributed by atoms with van der Waals surface area (Å²) in [6.45, 7) is 1.66. The van der Waals surface area contributed by atoms with Gasteiger partial charge >= 0.3 is 0 Å². The number of nitrogens with zero attached hydrogens (tertiary/aromatic N) is 2. The van der Waals surface area contributed by atoms with Crippen molar-refractivity contribution in [2.24, 2.45) is 0 Å². The molecule has 7 nitrogen and oxygen atoms in total. The van der Waals surface area contributed by atoms with Gasteiger partial charge in [-0.1, -0.05) is 24.1 Å². The van der Waals surface area contributed by atoms with Crippen LogP contribution in [-0.4, -0.2) is 33.7 Å². The van der Waals surface area contributed by atoms with Crippen molar-refractivity contribution in [1.29, 1.82) is 5.41 Å². The summed E-state index contributed by atoms with van der Waals surface area (Å²) in [6.07, 6.45) is 6.69. The molecule has 172 valence electrons. The van der Waals surface area contributed by atoms with Gasteiger partial charge in [0, 0.05) is 23.8 Å². The van der Waals surface area contributed by atoms with Gasteiger partial charge in [-0.3, -0.25) is 10.2 Å². The lowest BCUT2D eigenvalue weighted by atomic mass is 9.91. The van der Waals surface area contributed by atoms with Crippen LogP contribution in [-0.2, 0) is 4.79 Å². The summed E-state index contributed by atoms with van der Waals surface area (Å²) in [4.78, 5) is 20.3. The predicted molar refractivity (Wildman–Crippen MR) is 132 cm³/mol. The van der Waals surface area contributed by atoms with Crippen molar-refractivity contribution in [2.75, 3.05) is 5.32 Å². The Morgan fingerprint density at radius 2 is 1.68 bits per heavy atom. The third-order valence-electron chi connectivity index (χ3n) is 5.75. The van der Waals surface area contributed by atoms with E-state index in [1.807, 2.05) is 54.6 Å². The van der Waals surface area contributed by atoms with E-state index in [0.29, 0.717) is 22.8 Å². The molecule has 0 radical (unpaired) electrons. The number of ether oxygens (including phenoxy) is 1. The van der Waals surface area contributed by atoms with Crippen LogP contribution < -0.4 is 15.4 Å². The average molecular weight is 454 g/mol. The quantitative estimate of drug-likeness (QED) is 0.360. The van der Waals surface area contributed by atoms with Crippen molar-refractivity contribution in [2.45, 2.75) is 44.7 Å². The number of para-hydroxylation sites is 1. The van der Waals surface area contributed by atoms with Crippen LogP contribution in [0.15, 0.2) is 67.1 Å². The van der Waals surface area contributed by atoms with Crippen LogP contribution in [0.3, 0.4) is 0 Å². The van der Waals surface area contributed by atoms with Gasteiger partial charge in [0.1, 0.15) is 23.6 Å². The molecule has 0 saturated heterocycles. The zero-order chi connectivity index (χ0) is 23.8. The molecule has 1 saturated carbocycles. The van der Waals surface area contributed by atoms with Crippen molar-refractivity contribution in [3.63, 3.8) is 0 Å². The number of rotatable bonds is 7. The van der Waals surface area contributed by atoms with E-state index in [2.05, 4.69) is 32.4 Å². The van der Waals surface area contributed by atoms with Gasteiger partial charge in [-0.2, -0.15) is 0 Å². The Kier molecular flexibility index (Phi) is 7.51. The molecule has 1 amide bonds. The van der Waals surface area contributed by atoms with E-state index < -0.39 is 0 Å². The van der Waals surface area contributed by atoms with Crippen molar-refractivity contribution < 1.29 is 9.53 Å². The van der Waals surface area contributed by atoms with E-state index in [0.717, 1.165) is 37.0 Å². The Labute approximate surface area is 199 Å². The predicted octanol–water partition coefficient (Wildman–Crippen LogP) is 4.55. The number of anilines is 1. The molecule has 0 aliphatic heterocycles. The molecule has 34 heavy (non-hydrogen) atoms. The fourth-order valence-corrected chi connectivity index (χ4v) is 4.01. The largest absolute Gasteiger partial charge is 0.457 e. The van der Waals surface area contributed by atoms with Crippen molar-refractivity contribution >= 4 is 17.4 Å². The third kappa shape index (κ3) is 5.99. The topological polar surface area (TPSA) is 100.0 Å². The van der Waals surface area contributed by atoms with Gasteiger partial charge in [-0.05, 0) is 74.9 Å². The van der Waals surface area contributed by atoms with E-state index in [4.69, 9.17) is 10.1 Å². The molecule has 1 aromatic heterocycles. The molecule has 1 fully saturated rings. The fourth-order valence-electron chi connectivity index (χ4n) is 4.01. The molecule has 0 spiro atoms. The van der Waals surface area contributed by atoms with Crippen LogP contribution in [0, 0.1) is 17.3 Å². The van der Waals surface area contributed by atoms with Gasteiger partial charge in [-0.15, -0.1) is 0 Å². The molecule has 7 heteroatoms. The normalized spacial score (nSPS) is 17.1. The van der Waals surface area contributed by atoms with E-state index in [-0.39, 0.29) is 18.0 Å². The molecular formula is C27H27N5O2. The molecule has 0 unspecified atom stereocenters. The van der Waals surface area contributed by atoms with E-state index >= 15 is 0 Å². The van der Waals surface area contributed by atoms with Gasteiger partial charge < -0.3 is 15.4 Å². The number of carbonyl (C=O) groups is 1. The molecule has 1 heterocycles. The first-order valence-electron chi connectivity index (χ1n) is 11.3. The van der Waals surface area contributed by atoms with Gasteiger partial charge in [-0.25, -0.2) is 9.97 Å². The molecular weight excluding hydrogens is 426 g/mol. The Morgan fingerprint density at radius 3 is 2.38 bits per heavy atom. The number of hydrogen-bond acceptors (Lipinski definition) is 6. The first kappa shape index (κ1) is 23.0. The number of hydrogen-bond donors (Lipinski definition) is 3. The van der Waals surface area contributed by atoms with Gasteiger partial charge in [0.05, 0.1) is 11.3 Å². The standard InChI is InChI=1S/C27H27N5O2/c1-2-6-25(33)31-20-11-13-21(14-12-20)32-27-24(17-29-18-30-27)26(28)19-9-15-23(16-10-19)34-22-7-4-3-5-8-22/h3-5,7-10,15-18,20-21,28H,11-14H2,1H3,(H,31,33)(H,29,30,32)/t20-,21-. The zero-order valence-electron chi connectivity index (χ0n) is 19.0. The molecule has 4 rings (SSSR count). The van der Waals surface area contributed by atoms with Crippen LogP contribution in [0.25, 0.3) is 0 Å². The second-order valence-electron chi connectivity index (χ2n) is 8.14. The number of benzene rings is 2. The molecule has 0 atom stereocenters. The summed E-state index contributed by atoms with van der Waals surface area (Å²) in [5.41, 5.74) is 1.74. The Balaban J connectivity index is 1.39. The molecule has 3 aromatic rings. The Hall–Kier alpha value is -4.18. The van der Waals surface area contributed by atoms with Crippen molar-refractivity contribution in [3.05, 3.63) is 78.2 Å². The molecule has 0 bridgehead atoms. The van der Waals surface area contributed by atoms with Gasteiger partial charge in [0.2, 0.25) is 0 Å². The minimum Gasteiger partial charge on any atom is -0.457 e. The molecule has 1 aliphatic rings. The van der Waals surface area contributed by atoms with Gasteiger partial charge in [0.15, 0.2) is 0 Å². The highest BCUT2D eigenvalue weighted by Gasteiger charge is 2.23. The molecule has 3 N–H and O–H groups in total. The zero-order valence-corrected chi connectivity index (χ0v) is 19.0. The average Bonchev–Trinajstić information content (AvgIpc) is 2.86. The Morgan fingerprint density at radius 1 is 1.00 bits per heavy atom. The van der Waals surface area contributed by atoms with Crippen LogP contribution >= 0.6 is 0 Å². The summed E-state index contributed by atoms with van der Waals surface area (Å²) in [5, 5.41) is 15.2. The first-order chi connectivity index (χ1) is 16.6. The van der Waals surface area contributed by atoms with Gasteiger partial charge in [0.25, 0.3) is 5.91 Å². The maximum absolute atomic E-state index is 11.7. The SMILES string of the molecule is CC#CC(=O)N[C@H]1CC[C@H](Nc2ncncc2C(=N)c2ccc(Oc3ccccc3)cc2)CC1. The maximum atomic E-state index is 11.7. The fraction of sp³-hybridized carbons (Fsp3) is 0.259. The van der Waals surface area contributed by atoms with E-state index in [1.54, 1.807) is 13.1 Å². The second kappa shape index (κ2) is 11.1. The summed E-state index contributed by atoms with van der Waals surface area (Å²) in [6, 6.07) is 17.4. The minimum atomic E-state index is -0.217. The van der Waals surface area contributed by atoms with Crippen molar-refractivity contribution in [1.82, 2.24) is 15.3 Å². The Bertz CT molecular complexity index is 1190. The van der Waals surface area contributed by atoms with E-state index in [9.17, 15) is 4.79 Å². The summed E-state index contributed by atoms with van der Waals surface area (Å²) < 4.78 is 5.85. The van der Waals surface area contributed by atoms with Crippen LogP contribution in [0.1, 0.15) is 43.7 Å². The maximum Gasteiger partial charge on any atom is 0.296 e. The smallest absolute Gasteiger partial charge is 0.296 e. The van der Waals surface area contributed by atoms with Crippen LogP contribution in [0.4, 0.5) is 5.82 Å². The van der Waals surface area contributed by atoms with Crippen LogP contribution in [0.2, 0.25) is 0 Å². The lowest BCUT2D eigenvalue weighted by Crippen LogP contribution is -2.39. The molecule has 1 aliphatic carbocycles. The van der Waals surface area contributed by atoms with E-state index in [1.165, 1.54) is 6.33 Å². The second-order valence-corrected chi connectivity index (χ2v) is 8.14. The van der Waals surface area contributed by atoms with Crippen LogP contribution in [0.5, 0.6) is 11.5 Å². The minimum absolute atomic E-state index is 0.145. The summed E-state index contributed by atoms with van der Waals surface area (Å²) in [5.74, 6) is 7.06. The number of nitrogens with one attached hydrogen (secondary N) is 3. The third-order valence-corrected chi connectivity index (χ3v) is 5.75.